The Morgan fingerprint density at radius 3 is 2.50 bits per heavy atom. The van der Waals surface area contributed by atoms with Crippen LogP contribution in [0.15, 0.2) is 76.4 Å². The van der Waals surface area contributed by atoms with E-state index in [0.29, 0.717) is 37.4 Å². The fraction of sp³-hybridized carbons (Fsp3) is 0.273. The van der Waals surface area contributed by atoms with Crippen molar-refractivity contribution in [3.05, 3.63) is 71.9 Å². The van der Waals surface area contributed by atoms with Crippen LogP contribution in [-0.4, -0.2) is 32.8 Å². The summed E-state index contributed by atoms with van der Waals surface area (Å²) in [5.74, 6) is 0.285. The molecule has 0 amide bonds. The first-order valence-corrected chi connectivity index (χ1v) is 8.92. The molecule has 28 heavy (non-hydrogen) atoms. The van der Waals surface area contributed by atoms with Gasteiger partial charge in [0.2, 0.25) is 0 Å². The fourth-order valence-corrected chi connectivity index (χ4v) is 2.28. The SMILES string of the molecule is COC(=O)/C=C(/CCCOCc1ccccc1)N=C=Nc1ccc(OC)cc1. The summed E-state index contributed by atoms with van der Waals surface area (Å²) in [6.45, 7) is 1.11. The number of allylic oxidation sites excluding steroid dienone is 1. The molecular formula is C22H24N2O4. The maximum Gasteiger partial charge on any atom is 0.332 e. The quantitative estimate of drug-likeness (QED) is 0.262. The summed E-state index contributed by atoms with van der Waals surface area (Å²) >= 11 is 0. The summed E-state index contributed by atoms with van der Waals surface area (Å²) in [5.41, 5.74) is 2.35. The van der Waals surface area contributed by atoms with Gasteiger partial charge in [-0.2, -0.15) is 9.98 Å². The Labute approximate surface area is 165 Å². The van der Waals surface area contributed by atoms with Gasteiger partial charge in [-0.25, -0.2) is 4.79 Å². The summed E-state index contributed by atoms with van der Waals surface area (Å²) in [5, 5.41) is 0. The minimum Gasteiger partial charge on any atom is -0.497 e. The molecule has 0 aromatic heterocycles. The van der Waals surface area contributed by atoms with Gasteiger partial charge in [0.05, 0.1) is 32.2 Å². The van der Waals surface area contributed by atoms with E-state index in [9.17, 15) is 4.79 Å². The number of benzene rings is 2. The highest BCUT2D eigenvalue weighted by molar-refractivity contribution is 5.82. The predicted octanol–water partition coefficient (Wildman–Crippen LogP) is 4.55. The number of hydrogen-bond acceptors (Lipinski definition) is 6. The Kier molecular flexibility index (Phi) is 9.21. The number of hydrogen-bond donors (Lipinski definition) is 0. The van der Waals surface area contributed by atoms with E-state index in [1.54, 1.807) is 31.4 Å². The number of carbonyl (C=O) groups is 1. The number of ether oxygens (including phenoxy) is 3. The Morgan fingerprint density at radius 1 is 1.07 bits per heavy atom. The van der Waals surface area contributed by atoms with Crippen LogP contribution in [0.25, 0.3) is 0 Å². The van der Waals surface area contributed by atoms with Crippen molar-refractivity contribution >= 4 is 17.7 Å². The molecule has 2 rings (SSSR count). The minimum atomic E-state index is -0.463. The second kappa shape index (κ2) is 12.2. The highest BCUT2D eigenvalue weighted by atomic mass is 16.5. The molecule has 146 valence electrons. The van der Waals surface area contributed by atoms with Crippen LogP contribution in [0, 0.1) is 0 Å². The average Bonchev–Trinajstić information content (AvgIpc) is 2.74. The van der Waals surface area contributed by atoms with Gasteiger partial charge in [0.1, 0.15) is 11.8 Å². The third kappa shape index (κ3) is 7.99. The molecule has 6 heteroatoms. The smallest absolute Gasteiger partial charge is 0.332 e. The molecule has 0 saturated carbocycles. The van der Waals surface area contributed by atoms with Crippen molar-refractivity contribution in [2.45, 2.75) is 19.4 Å². The Morgan fingerprint density at radius 2 is 1.82 bits per heavy atom. The van der Waals surface area contributed by atoms with Crippen molar-refractivity contribution in [2.75, 3.05) is 20.8 Å². The molecule has 0 N–H and O–H groups in total. The van der Waals surface area contributed by atoms with Crippen molar-refractivity contribution in [1.82, 2.24) is 0 Å². The lowest BCUT2D eigenvalue weighted by Crippen LogP contribution is -1.99. The van der Waals surface area contributed by atoms with Crippen molar-refractivity contribution in [3.63, 3.8) is 0 Å². The van der Waals surface area contributed by atoms with Crippen LogP contribution in [-0.2, 0) is 20.9 Å². The molecule has 0 atom stereocenters. The van der Waals surface area contributed by atoms with Crippen LogP contribution in [0.3, 0.4) is 0 Å². The predicted molar refractivity (Wildman–Crippen MR) is 108 cm³/mol. The largest absolute Gasteiger partial charge is 0.497 e. The monoisotopic (exact) mass is 380 g/mol. The first-order valence-electron chi connectivity index (χ1n) is 8.92. The standard InChI is InChI=1S/C22H24N2O4/c1-26-21-12-10-19(11-13-21)23-17-24-20(15-22(25)27-2)9-6-14-28-16-18-7-4-3-5-8-18/h3-5,7-8,10-13,15H,6,9,14,16H2,1-2H3/b20-15-. The van der Waals surface area contributed by atoms with E-state index in [-0.39, 0.29) is 0 Å². The number of esters is 1. The third-order valence-electron chi connectivity index (χ3n) is 3.76. The molecule has 0 saturated heterocycles. The van der Waals surface area contributed by atoms with E-state index in [2.05, 4.69) is 20.7 Å². The zero-order valence-electron chi connectivity index (χ0n) is 16.1. The summed E-state index contributed by atoms with van der Waals surface area (Å²) in [6.07, 6.45) is 2.60. The van der Waals surface area contributed by atoms with Crippen molar-refractivity contribution in [1.29, 1.82) is 0 Å². The fourth-order valence-electron chi connectivity index (χ4n) is 2.28. The molecule has 0 spiro atoms. The average molecular weight is 380 g/mol. The molecule has 0 unspecified atom stereocenters. The molecule has 0 aliphatic heterocycles. The van der Waals surface area contributed by atoms with Gasteiger partial charge in [-0.15, -0.1) is 0 Å². The maximum atomic E-state index is 11.5. The number of nitrogens with zero attached hydrogens (tertiary/aromatic N) is 2. The number of aliphatic imine (C=N–C) groups is 2. The van der Waals surface area contributed by atoms with E-state index >= 15 is 0 Å². The molecule has 2 aromatic carbocycles. The molecular weight excluding hydrogens is 356 g/mol. The van der Waals surface area contributed by atoms with Gasteiger partial charge in [-0.1, -0.05) is 30.3 Å². The van der Waals surface area contributed by atoms with E-state index in [1.165, 1.54) is 13.2 Å². The van der Waals surface area contributed by atoms with Gasteiger partial charge in [-0.3, -0.25) is 0 Å². The summed E-state index contributed by atoms with van der Waals surface area (Å²) < 4.78 is 15.4. The summed E-state index contributed by atoms with van der Waals surface area (Å²) in [4.78, 5) is 19.8. The lowest BCUT2D eigenvalue weighted by molar-refractivity contribution is -0.134. The third-order valence-corrected chi connectivity index (χ3v) is 3.76. The molecule has 0 heterocycles. The second-order valence-electron chi connectivity index (χ2n) is 5.82. The Bertz CT molecular complexity index is 823. The van der Waals surface area contributed by atoms with E-state index in [0.717, 1.165) is 11.3 Å². The number of carbonyl (C=O) groups excluding carboxylic acids is 1. The van der Waals surface area contributed by atoms with Crippen LogP contribution in [0.4, 0.5) is 5.69 Å². The second-order valence-corrected chi connectivity index (χ2v) is 5.82. The zero-order valence-corrected chi connectivity index (χ0v) is 16.1. The molecule has 0 radical (unpaired) electrons. The van der Waals surface area contributed by atoms with Crippen molar-refractivity contribution in [3.8, 4) is 5.75 Å². The minimum absolute atomic E-state index is 0.463. The van der Waals surface area contributed by atoms with Gasteiger partial charge in [-0.05, 0) is 42.7 Å². The Hall–Kier alpha value is -3.21. The van der Waals surface area contributed by atoms with Crippen molar-refractivity contribution in [2.24, 2.45) is 9.98 Å². The van der Waals surface area contributed by atoms with Gasteiger partial charge in [0, 0.05) is 12.7 Å². The van der Waals surface area contributed by atoms with Gasteiger partial charge in [0.15, 0.2) is 0 Å². The highest BCUT2D eigenvalue weighted by Crippen LogP contribution is 2.17. The first-order chi connectivity index (χ1) is 13.7. The van der Waals surface area contributed by atoms with Crippen molar-refractivity contribution < 1.29 is 19.0 Å². The van der Waals surface area contributed by atoms with Crippen LogP contribution >= 0.6 is 0 Å². The molecule has 0 bridgehead atoms. The maximum absolute atomic E-state index is 11.5. The molecule has 6 nitrogen and oxygen atoms in total. The van der Waals surface area contributed by atoms with E-state index in [1.807, 2.05) is 30.3 Å². The topological polar surface area (TPSA) is 69.5 Å². The van der Waals surface area contributed by atoms with Crippen LogP contribution in [0.5, 0.6) is 5.75 Å². The van der Waals surface area contributed by atoms with Gasteiger partial charge < -0.3 is 14.2 Å². The van der Waals surface area contributed by atoms with Crippen LogP contribution in [0.1, 0.15) is 18.4 Å². The zero-order chi connectivity index (χ0) is 20.0. The lowest BCUT2D eigenvalue weighted by Gasteiger charge is -2.04. The molecule has 0 aliphatic carbocycles. The normalized spacial score (nSPS) is 10.7. The van der Waals surface area contributed by atoms with E-state index < -0.39 is 5.97 Å². The van der Waals surface area contributed by atoms with Crippen LogP contribution in [0.2, 0.25) is 0 Å². The number of rotatable bonds is 10. The molecule has 0 fully saturated rings. The lowest BCUT2D eigenvalue weighted by atomic mass is 10.2. The van der Waals surface area contributed by atoms with Crippen LogP contribution < -0.4 is 4.74 Å². The summed E-state index contributed by atoms with van der Waals surface area (Å²) in [6, 6.07) is 19.8. The molecule has 0 aliphatic rings. The first kappa shape index (κ1) is 21.1. The van der Waals surface area contributed by atoms with Gasteiger partial charge >= 0.3 is 5.97 Å². The highest BCUT2D eigenvalue weighted by Gasteiger charge is 2.01. The van der Waals surface area contributed by atoms with E-state index in [4.69, 9.17) is 9.47 Å². The Balaban J connectivity index is 1.89. The summed E-state index contributed by atoms with van der Waals surface area (Å²) in [7, 11) is 2.93. The number of methoxy groups -OCH3 is 2. The van der Waals surface area contributed by atoms with Gasteiger partial charge in [0.25, 0.3) is 0 Å². The molecule has 2 aromatic rings.